The first kappa shape index (κ1) is 17.9. The van der Waals surface area contributed by atoms with Crippen LogP contribution in [0.3, 0.4) is 0 Å². The molecule has 108 valence electrons. The third-order valence-electron chi connectivity index (χ3n) is 3.22. The number of halogens is 1. The van der Waals surface area contributed by atoms with Gasteiger partial charge in [0.2, 0.25) is 0 Å². The van der Waals surface area contributed by atoms with Crippen molar-refractivity contribution >= 4 is 18.3 Å². The molecule has 0 aromatic heterocycles. The second-order valence-electron chi connectivity index (χ2n) is 4.56. The summed E-state index contributed by atoms with van der Waals surface area (Å²) in [6, 6.07) is 7.15. The van der Waals surface area contributed by atoms with Crippen LogP contribution >= 0.6 is 12.4 Å². The van der Waals surface area contributed by atoms with E-state index in [4.69, 9.17) is 5.73 Å². The predicted octanol–water partition coefficient (Wildman–Crippen LogP) is 1.70. The number of amides is 1. The Labute approximate surface area is 120 Å². The highest BCUT2D eigenvalue weighted by Crippen LogP contribution is 2.07. The van der Waals surface area contributed by atoms with Crippen LogP contribution in [0.25, 0.3) is 0 Å². The number of carbonyl (C=O) groups excluding carboxylic acids is 1. The molecule has 5 heteroatoms. The van der Waals surface area contributed by atoms with E-state index in [1.165, 1.54) is 0 Å². The van der Waals surface area contributed by atoms with E-state index in [2.05, 4.69) is 5.32 Å². The third kappa shape index (κ3) is 5.59. The summed E-state index contributed by atoms with van der Waals surface area (Å²) in [5.41, 5.74) is 7.07. The minimum absolute atomic E-state index is 0. The van der Waals surface area contributed by atoms with Crippen molar-refractivity contribution in [2.24, 2.45) is 11.7 Å². The highest BCUT2D eigenvalue weighted by atomic mass is 35.5. The zero-order valence-electron chi connectivity index (χ0n) is 11.4. The van der Waals surface area contributed by atoms with E-state index >= 15 is 0 Å². The summed E-state index contributed by atoms with van der Waals surface area (Å²) in [5, 5.41) is 12.5. The smallest absolute Gasteiger partial charge is 0.251 e. The Kier molecular flexibility index (Phi) is 8.39. The van der Waals surface area contributed by atoms with E-state index in [0.29, 0.717) is 12.1 Å². The molecule has 4 nitrogen and oxygen atoms in total. The molecule has 1 rings (SSSR count). The van der Waals surface area contributed by atoms with Crippen molar-refractivity contribution in [3.05, 3.63) is 35.4 Å². The topological polar surface area (TPSA) is 75.3 Å². The van der Waals surface area contributed by atoms with Crippen molar-refractivity contribution < 1.29 is 9.90 Å². The lowest BCUT2D eigenvalue weighted by Crippen LogP contribution is -2.35. The number of nitrogens with two attached hydrogens (primary N) is 1. The van der Waals surface area contributed by atoms with E-state index in [-0.39, 0.29) is 30.8 Å². The van der Waals surface area contributed by atoms with Gasteiger partial charge >= 0.3 is 0 Å². The maximum absolute atomic E-state index is 11.8. The Balaban J connectivity index is 0.00000324. The van der Waals surface area contributed by atoms with Gasteiger partial charge in [0.1, 0.15) is 0 Å². The van der Waals surface area contributed by atoms with Gasteiger partial charge in [-0.1, -0.05) is 32.4 Å². The predicted molar refractivity (Wildman–Crippen MR) is 79.4 cm³/mol. The molecular formula is C14H23ClN2O2. The summed E-state index contributed by atoms with van der Waals surface area (Å²) in [6.45, 7) is 4.73. The van der Waals surface area contributed by atoms with Crippen LogP contribution in [0.2, 0.25) is 0 Å². The number of aliphatic hydroxyl groups excluding tert-OH is 1. The van der Waals surface area contributed by atoms with E-state index in [0.717, 1.165) is 12.0 Å². The van der Waals surface area contributed by atoms with E-state index in [1.807, 2.05) is 26.0 Å². The molecule has 0 spiro atoms. The number of rotatable bonds is 6. The summed E-state index contributed by atoms with van der Waals surface area (Å²) < 4.78 is 0. The summed E-state index contributed by atoms with van der Waals surface area (Å²) in [4.78, 5) is 11.8. The Morgan fingerprint density at radius 2 is 1.95 bits per heavy atom. The molecule has 0 heterocycles. The Bertz CT molecular complexity index is 382. The first-order chi connectivity index (χ1) is 8.58. The molecule has 1 amide bonds. The third-order valence-corrected chi connectivity index (χ3v) is 3.22. The van der Waals surface area contributed by atoms with E-state index < -0.39 is 6.10 Å². The van der Waals surface area contributed by atoms with Crippen LogP contribution in [0.4, 0.5) is 0 Å². The van der Waals surface area contributed by atoms with Crippen LogP contribution in [-0.2, 0) is 6.54 Å². The fourth-order valence-electron chi connectivity index (χ4n) is 1.56. The molecule has 1 aromatic carbocycles. The molecule has 2 atom stereocenters. The molecule has 2 unspecified atom stereocenters. The average Bonchev–Trinajstić information content (AvgIpc) is 2.43. The van der Waals surface area contributed by atoms with E-state index in [9.17, 15) is 9.90 Å². The van der Waals surface area contributed by atoms with Crippen molar-refractivity contribution in [2.75, 3.05) is 6.54 Å². The standard InChI is InChI=1S/C14H22N2O2.ClH/c1-3-10(2)13(17)9-16-14(18)12-6-4-11(8-15)5-7-12;/h4-7,10,13,17H,3,8-9,15H2,1-2H3,(H,16,18);1H. The SMILES string of the molecule is CCC(C)C(O)CNC(=O)c1ccc(CN)cc1.Cl. The van der Waals surface area contributed by atoms with Crippen LogP contribution in [0.15, 0.2) is 24.3 Å². The zero-order valence-corrected chi connectivity index (χ0v) is 12.2. The van der Waals surface area contributed by atoms with Gasteiger partial charge in [-0.25, -0.2) is 0 Å². The molecule has 1 aromatic rings. The van der Waals surface area contributed by atoms with Crippen LogP contribution < -0.4 is 11.1 Å². The van der Waals surface area contributed by atoms with Gasteiger partial charge in [-0.15, -0.1) is 12.4 Å². The molecule has 0 aliphatic rings. The maximum Gasteiger partial charge on any atom is 0.251 e. The first-order valence-electron chi connectivity index (χ1n) is 6.33. The summed E-state index contributed by atoms with van der Waals surface area (Å²) in [7, 11) is 0. The Morgan fingerprint density at radius 1 is 1.37 bits per heavy atom. The minimum atomic E-state index is -0.498. The summed E-state index contributed by atoms with van der Waals surface area (Å²) in [6.07, 6.45) is 0.393. The quantitative estimate of drug-likeness (QED) is 0.745. The molecule has 0 bridgehead atoms. The van der Waals surface area contributed by atoms with Crippen LogP contribution in [0.1, 0.15) is 36.2 Å². The highest BCUT2D eigenvalue weighted by Gasteiger charge is 2.13. The van der Waals surface area contributed by atoms with Crippen LogP contribution in [-0.4, -0.2) is 23.7 Å². The monoisotopic (exact) mass is 286 g/mol. The van der Waals surface area contributed by atoms with Gasteiger partial charge in [0.15, 0.2) is 0 Å². The average molecular weight is 287 g/mol. The number of hydrogen-bond acceptors (Lipinski definition) is 3. The van der Waals surface area contributed by atoms with Gasteiger partial charge < -0.3 is 16.2 Å². The van der Waals surface area contributed by atoms with Crippen LogP contribution in [0, 0.1) is 5.92 Å². The number of carbonyl (C=O) groups is 1. The van der Waals surface area contributed by atoms with E-state index in [1.54, 1.807) is 12.1 Å². The van der Waals surface area contributed by atoms with Gasteiger partial charge in [0.25, 0.3) is 5.91 Å². The maximum atomic E-state index is 11.8. The molecule has 0 radical (unpaired) electrons. The second-order valence-corrected chi connectivity index (χ2v) is 4.56. The molecule has 4 N–H and O–H groups in total. The number of hydrogen-bond donors (Lipinski definition) is 3. The van der Waals surface area contributed by atoms with Gasteiger partial charge in [-0.2, -0.15) is 0 Å². The number of benzene rings is 1. The number of aliphatic hydroxyl groups is 1. The molecule has 19 heavy (non-hydrogen) atoms. The fraction of sp³-hybridized carbons (Fsp3) is 0.500. The Hall–Kier alpha value is -1.10. The van der Waals surface area contributed by atoms with Crippen molar-refractivity contribution in [3.8, 4) is 0 Å². The molecule has 0 fully saturated rings. The largest absolute Gasteiger partial charge is 0.391 e. The van der Waals surface area contributed by atoms with Gasteiger partial charge in [-0.3, -0.25) is 4.79 Å². The highest BCUT2D eigenvalue weighted by molar-refractivity contribution is 5.94. The molecule has 0 aliphatic heterocycles. The summed E-state index contributed by atoms with van der Waals surface area (Å²) in [5.74, 6) is 0.0193. The lowest BCUT2D eigenvalue weighted by Gasteiger charge is -2.17. The minimum Gasteiger partial charge on any atom is -0.391 e. The normalized spacial score (nSPS) is 13.3. The Morgan fingerprint density at radius 3 is 2.42 bits per heavy atom. The van der Waals surface area contributed by atoms with Gasteiger partial charge in [-0.05, 0) is 23.6 Å². The second kappa shape index (κ2) is 8.91. The molecule has 0 saturated heterocycles. The molecular weight excluding hydrogens is 264 g/mol. The lowest BCUT2D eigenvalue weighted by molar-refractivity contribution is 0.0850. The molecule has 0 aliphatic carbocycles. The fourth-order valence-corrected chi connectivity index (χ4v) is 1.56. The molecule has 0 saturated carbocycles. The van der Waals surface area contributed by atoms with Gasteiger partial charge in [0.05, 0.1) is 6.10 Å². The zero-order chi connectivity index (χ0) is 13.5. The van der Waals surface area contributed by atoms with Crippen molar-refractivity contribution in [3.63, 3.8) is 0 Å². The van der Waals surface area contributed by atoms with Crippen molar-refractivity contribution in [1.82, 2.24) is 5.32 Å². The lowest BCUT2D eigenvalue weighted by atomic mass is 10.0. The van der Waals surface area contributed by atoms with Gasteiger partial charge in [0, 0.05) is 18.7 Å². The van der Waals surface area contributed by atoms with Crippen molar-refractivity contribution in [1.29, 1.82) is 0 Å². The van der Waals surface area contributed by atoms with Crippen LogP contribution in [0.5, 0.6) is 0 Å². The van der Waals surface area contributed by atoms with Crippen molar-refractivity contribution in [2.45, 2.75) is 32.9 Å². The number of nitrogens with one attached hydrogen (secondary N) is 1. The summed E-state index contributed by atoms with van der Waals surface area (Å²) >= 11 is 0. The first-order valence-corrected chi connectivity index (χ1v) is 6.33.